The topological polar surface area (TPSA) is 40.6 Å². The summed E-state index contributed by atoms with van der Waals surface area (Å²) in [6.45, 7) is 3.04. The first-order valence-corrected chi connectivity index (χ1v) is 13.8. The van der Waals surface area contributed by atoms with Crippen molar-refractivity contribution in [2.24, 2.45) is 0 Å². The number of rotatable bonds is 9. The molecule has 1 aliphatic carbocycles. The molecule has 1 saturated carbocycles. The Hall–Kier alpha value is -2.92. The molecule has 3 aromatic rings. The van der Waals surface area contributed by atoms with Crippen LogP contribution in [0.1, 0.15) is 77.0 Å². The van der Waals surface area contributed by atoms with E-state index in [1.807, 2.05) is 40.1 Å². The van der Waals surface area contributed by atoms with E-state index in [-0.39, 0.29) is 30.4 Å². The number of aryl methyl sites for hydroxylation is 1. The number of carbonyl (C=O) groups is 2. The lowest BCUT2D eigenvalue weighted by Gasteiger charge is -2.37. The molecule has 5 rings (SSSR count). The summed E-state index contributed by atoms with van der Waals surface area (Å²) in [6.07, 6.45) is 7.49. The average Bonchev–Trinajstić information content (AvgIpc) is 3.63. The maximum absolute atomic E-state index is 13.7. The van der Waals surface area contributed by atoms with E-state index < -0.39 is 0 Å². The summed E-state index contributed by atoms with van der Waals surface area (Å²) < 4.78 is 0. The number of fused-ring (bicyclic) bond motifs is 1. The minimum atomic E-state index is -0.0859. The van der Waals surface area contributed by atoms with Gasteiger partial charge in [0.05, 0.1) is 6.04 Å². The van der Waals surface area contributed by atoms with Crippen LogP contribution in [0.5, 0.6) is 0 Å². The van der Waals surface area contributed by atoms with Gasteiger partial charge < -0.3 is 9.80 Å². The molecular formula is C30H34N2O2S. The molecule has 2 amide bonds. The highest BCUT2D eigenvalue weighted by atomic mass is 32.1. The Bertz CT molecular complexity index is 1150. The molecule has 1 aliphatic heterocycles. The first kappa shape index (κ1) is 23.8. The van der Waals surface area contributed by atoms with Crippen LogP contribution in [0.2, 0.25) is 0 Å². The molecule has 0 radical (unpaired) electrons. The van der Waals surface area contributed by atoms with Gasteiger partial charge in [0, 0.05) is 23.0 Å². The van der Waals surface area contributed by atoms with E-state index in [9.17, 15) is 9.59 Å². The van der Waals surface area contributed by atoms with Crippen LogP contribution in [0.4, 0.5) is 0 Å². The lowest BCUT2D eigenvalue weighted by molar-refractivity contribution is -0.134. The Morgan fingerprint density at radius 3 is 2.49 bits per heavy atom. The number of nitrogens with zero attached hydrogens (tertiary/aromatic N) is 2. The van der Waals surface area contributed by atoms with Gasteiger partial charge in [-0.2, -0.15) is 0 Å². The minimum absolute atomic E-state index is 0.0227. The van der Waals surface area contributed by atoms with Crippen molar-refractivity contribution in [2.45, 2.75) is 64.0 Å². The number of benzene rings is 2. The summed E-state index contributed by atoms with van der Waals surface area (Å²) in [5.74, 6) is 0.0117. The molecule has 2 aliphatic rings. The summed E-state index contributed by atoms with van der Waals surface area (Å²) in [4.78, 5) is 32.4. The fourth-order valence-corrected chi connectivity index (χ4v) is 6.03. The molecular weight excluding hydrogens is 452 g/mol. The van der Waals surface area contributed by atoms with Crippen molar-refractivity contribution in [1.29, 1.82) is 0 Å². The quantitative estimate of drug-likeness (QED) is 0.335. The first-order chi connectivity index (χ1) is 17.2. The molecule has 1 aromatic heterocycles. The molecule has 0 N–H and O–H groups in total. The summed E-state index contributed by atoms with van der Waals surface area (Å²) in [7, 11) is 0. The first-order valence-electron chi connectivity index (χ1n) is 13.0. The van der Waals surface area contributed by atoms with Gasteiger partial charge in [0.25, 0.3) is 5.91 Å². The molecule has 1 unspecified atom stereocenters. The molecule has 182 valence electrons. The van der Waals surface area contributed by atoms with E-state index in [1.54, 1.807) is 11.3 Å². The normalized spacial score (nSPS) is 17.2. The van der Waals surface area contributed by atoms with Crippen LogP contribution in [0.15, 0.2) is 66.0 Å². The number of amides is 2. The van der Waals surface area contributed by atoms with Crippen molar-refractivity contribution in [3.05, 3.63) is 93.2 Å². The maximum atomic E-state index is 13.7. The lowest BCUT2D eigenvalue weighted by Crippen LogP contribution is -2.47. The van der Waals surface area contributed by atoms with Crippen LogP contribution in [-0.4, -0.2) is 40.7 Å². The van der Waals surface area contributed by atoms with Gasteiger partial charge in [0.15, 0.2) is 0 Å². The van der Waals surface area contributed by atoms with Crippen molar-refractivity contribution in [1.82, 2.24) is 9.80 Å². The predicted molar refractivity (Wildman–Crippen MR) is 142 cm³/mol. The Labute approximate surface area is 212 Å². The molecule has 1 fully saturated rings. The third-order valence-corrected chi connectivity index (χ3v) is 8.22. The maximum Gasteiger partial charge on any atom is 0.254 e. The highest BCUT2D eigenvalue weighted by molar-refractivity contribution is 7.10. The summed E-state index contributed by atoms with van der Waals surface area (Å²) in [6, 6.07) is 20.5. The van der Waals surface area contributed by atoms with E-state index in [4.69, 9.17) is 0 Å². The molecule has 1 atom stereocenters. The fraction of sp³-hybridized carbons (Fsp3) is 0.400. The van der Waals surface area contributed by atoms with Crippen LogP contribution >= 0.6 is 11.3 Å². The number of hydrogen-bond acceptors (Lipinski definition) is 3. The predicted octanol–water partition coefficient (Wildman–Crippen LogP) is 6.26. The van der Waals surface area contributed by atoms with Crippen LogP contribution in [-0.2, 0) is 17.6 Å². The van der Waals surface area contributed by atoms with Gasteiger partial charge in [-0.1, -0.05) is 62.2 Å². The van der Waals surface area contributed by atoms with Gasteiger partial charge in [-0.3, -0.25) is 9.59 Å². The Morgan fingerprint density at radius 2 is 1.77 bits per heavy atom. The highest BCUT2D eigenvalue weighted by Crippen LogP contribution is 2.38. The molecule has 0 spiro atoms. The smallest absolute Gasteiger partial charge is 0.254 e. The number of thiophene rings is 1. The van der Waals surface area contributed by atoms with Crippen molar-refractivity contribution in [3.8, 4) is 0 Å². The van der Waals surface area contributed by atoms with E-state index in [2.05, 4.69) is 42.6 Å². The zero-order chi connectivity index (χ0) is 24.2. The molecule has 5 heteroatoms. The molecule has 2 aromatic carbocycles. The van der Waals surface area contributed by atoms with E-state index in [0.29, 0.717) is 12.1 Å². The summed E-state index contributed by atoms with van der Waals surface area (Å²) in [5, 5.41) is 2.13. The second-order valence-electron chi connectivity index (χ2n) is 9.77. The number of carbonyl (C=O) groups excluding carboxylic acids is 2. The summed E-state index contributed by atoms with van der Waals surface area (Å²) in [5.41, 5.74) is 4.31. The van der Waals surface area contributed by atoms with Crippen molar-refractivity contribution >= 4 is 23.2 Å². The molecule has 0 saturated heterocycles. The Balaban J connectivity index is 1.33. The Morgan fingerprint density at radius 1 is 1.00 bits per heavy atom. The average molecular weight is 487 g/mol. The SMILES string of the molecule is CCCCCc1ccc(C(=O)N(CC(=O)N2CCc3sccc3C2c2ccccc2)C2CC2)cc1. The molecule has 0 bridgehead atoms. The van der Waals surface area contributed by atoms with E-state index >= 15 is 0 Å². The fourth-order valence-electron chi connectivity index (χ4n) is 5.13. The molecule has 2 heterocycles. The van der Waals surface area contributed by atoms with Crippen LogP contribution in [0.25, 0.3) is 0 Å². The number of hydrogen-bond donors (Lipinski definition) is 0. The lowest BCUT2D eigenvalue weighted by atomic mass is 9.93. The standard InChI is InChI=1S/C30H34N2O2S/c1-2-3-5-8-22-11-13-24(14-12-22)30(34)32(25-15-16-25)21-28(33)31-19-17-27-26(18-20-35-27)29(31)23-9-6-4-7-10-23/h4,6-7,9-14,18,20,25,29H,2-3,5,8,15-17,19,21H2,1H3. The van der Waals surface area contributed by atoms with Gasteiger partial charge in [-0.15, -0.1) is 11.3 Å². The number of unbranched alkanes of at least 4 members (excludes halogenated alkanes) is 2. The third-order valence-electron chi connectivity index (χ3n) is 7.23. The van der Waals surface area contributed by atoms with Gasteiger partial charge in [-0.25, -0.2) is 0 Å². The molecule has 4 nitrogen and oxygen atoms in total. The van der Waals surface area contributed by atoms with Gasteiger partial charge in [-0.05, 0) is 72.4 Å². The highest BCUT2D eigenvalue weighted by Gasteiger charge is 2.38. The van der Waals surface area contributed by atoms with Crippen molar-refractivity contribution < 1.29 is 9.59 Å². The zero-order valence-electron chi connectivity index (χ0n) is 20.5. The second kappa shape index (κ2) is 10.8. The largest absolute Gasteiger partial charge is 0.330 e. The van der Waals surface area contributed by atoms with E-state index in [1.165, 1.54) is 35.3 Å². The van der Waals surface area contributed by atoms with Gasteiger partial charge in [0.2, 0.25) is 5.91 Å². The van der Waals surface area contributed by atoms with E-state index in [0.717, 1.165) is 31.2 Å². The zero-order valence-corrected chi connectivity index (χ0v) is 21.3. The minimum Gasteiger partial charge on any atom is -0.330 e. The van der Waals surface area contributed by atoms with Crippen molar-refractivity contribution in [3.63, 3.8) is 0 Å². The Kier molecular flexibility index (Phi) is 7.33. The third kappa shape index (κ3) is 5.35. The van der Waals surface area contributed by atoms with Gasteiger partial charge >= 0.3 is 0 Å². The van der Waals surface area contributed by atoms with Crippen LogP contribution < -0.4 is 0 Å². The van der Waals surface area contributed by atoms with Crippen molar-refractivity contribution in [2.75, 3.05) is 13.1 Å². The summed E-state index contributed by atoms with van der Waals surface area (Å²) >= 11 is 1.77. The molecule has 35 heavy (non-hydrogen) atoms. The van der Waals surface area contributed by atoms with Gasteiger partial charge in [0.1, 0.15) is 6.54 Å². The van der Waals surface area contributed by atoms with Crippen LogP contribution in [0.3, 0.4) is 0 Å². The second-order valence-corrected chi connectivity index (χ2v) is 10.8. The van der Waals surface area contributed by atoms with Crippen LogP contribution in [0, 0.1) is 0 Å². The monoisotopic (exact) mass is 486 g/mol.